The summed E-state index contributed by atoms with van der Waals surface area (Å²) in [5.74, 6) is 0. The van der Waals surface area contributed by atoms with Crippen LogP contribution in [-0.2, 0) is 0 Å². The Bertz CT molecular complexity index is 343. The third-order valence-corrected chi connectivity index (χ3v) is 1.95. The molecule has 0 N–H and O–H groups in total. The summed E-state index contributed by atoms with van der Waals surface area (Å²) in [6.07, 6.45) is 16.5. The first-order chi connectivity index (χ1) is 5.86. The van der Waals surface area contributed by atoms with Gasteiger partial charge in [0.2, 0.25) is 0 Å². The molecule has 0 aromatic rings. The van der Waals surface area contributed by atoms with E-state index in [4.69, 9.17) is 0 Å². The summed E-state index contributed by atoms with van der Waals surface area (Å²) in [5, 5.41) is 0. The van der Waals surface area contributed by atoms with E-state index in [-0.39, 0.29) is 0 Å². The third kappa shape index (κ3) is 1.24. The maximum absolute atomic E-state index is 3.93. The quantitative estimate of drug-likeness (QED) is 0.544. The van der Waals surface area contributed by atoms with E-state index < -0.39 is 0 Å². The SMILES string of the molecule is C=C1C=CC=C1C=C1C=CC=C1. The van der Waals surface area contributed by atoms with Crippen molar-refractivity contribution in [3.63, 3.8) is 0 Å². The molecular weight excluding hydrogens is 144 g/mol. The average molecular weight is 154 g/mol. The monoisotopic (exact) mass is 154 g/mol. The van der Waals surface area contributed by atoms with Crippen molar-refractivity contribution in [2.24, 2.45) is 0 Å². The van der Waals surface area contributed by atoms with Crippen LogP contribution in [0.2, 0.25) is 0 Å². The third-order valence-electron chi connectivity index (χ3n) is 1.95. The molecule has 12 heavy (non-hydrogen) atoms. The summed E-state index contributed by atoms with van der Waals surface area (Å²) in [4.78, 5) is 0. The molecule has 0 heteroatoms. The first kappa shape index (κ1) is 7.11. The molecule has 2 aliphatic carbocycles. The van der Waals surface area contributed by atoms with Crippen molar-refractivity contribution in [2.45, 2.75) is 0 Å². The normalized spacial score (nSPS) is 19.2. The molecule has 0 aromatic heterocycles. The lowest BCUT2D eigenvalue weighted by Crippen LogP contribution is -1.76. The Balaban J connectivity index is 2.24. The van der Waals surface area contributed by atoms with E-state index in [1.165, 1.54) is 11.1 Å². The average Bonchev–Trinajstić information content (AvgIpc) is 2.65. The van der Waals surface area contributed by atoms with Crippen LogP contribution in [0.25, 0.3) is 0 Å². The van der Waals surface area contributed by atoms with Crippen LogP contribution < -0.4 is 0 Å². The highest BCUT2D eigenvalue weighted by Crippen LogP contribution is 2.20. The van der Waals surface area contributed by atoms with Crippen molar-refractivity contribution in [2.75, 3.05) is 0 Å². The fraction of sp³-hybridized carbons (Fsp3) is 0. The lowest BCUT2D eigenvalue weighted by atomic mass is 10.1. The van der Waals surface area contributed by atoms with E-state index in [9.17, 15) is 0 Å². The highest BCUT2D eigenvalue weighted by Gasteiger charge is 2.01. The van der Waals surface area contributed by atoms with Gasteiger partial charge in [0.25, 0.3) is 0 Å². The predicted molar refractivity (Wildman–Crippen MR) is 52.7 cm³/mol. The van der Waals surface area contributed by atoms with Crippen molar-refractivity contribution in [3.05, 3.63) is 71.9 Å². The van der Waals surface area contributed by atoms with Crippen LogP contribution in [0.1, 0.15) is 0 Å². The lowest BCUT2D eigenvalue weighted by molar-refractivity contribution is 1.59. The fourth-order valence-corrected chi connectivity index (χ4v) is 1.28. The number of hydrogen-bond donors (Lipinski definition) is 0. The molecule has 0 atom stereocenters. The molecule has 0 aliphatic heterocycles. The molecule has 0 nitrogen and oxygen atoms in total. The second-order valence-electron chi connectivity index (χ2n) is 2.87. The lowest BCUT2D eigenvalue weighted by Gasteiger charge is -1.95. The molecule has 0 radical (unpaired) electrons. The van der Waals surface area contributed by atoms with Crippen LogP contribution in [0, 0.1) is 0 Å². The second kappa shape index (κ2) is 2.82. The summed E-state index contributed by atoms with van der Waals surface area (Å²) in [5.41, 5.74) is 3.54. The van der Waals surface area contributed by atoms with E-state index in [1.807, 2.05) is 24.3 Å². The zero-order valence-electron chi connectivity index (χ0n) is 6.83. The molecule has 2 rings (SSSR count). The van der Waals surface area contributed by atoms with Crippen molar-refractivity contribution < 1.29 is 0 Å². The van der Waals surface area contributed by atoms with Gasteiger partial charge >= 0.3 is 0 Å². The van der Waals surface area contributed by atoms with Crippen LogP contribution in [0.5, 0.6) is 0 Å². The summed E-state index contributed by atoms with van der Waals surface area (Å²) in [6, 6.07) is 0. The second-order valence-corrected chi connectivity index (χ2v) is 2.87. The fourth-order valence-electron chi connectivity index (χ4n) is 1.28. The van der Waals surface area contributed by atoms with Crippen molar-refractivity contribution in [1.82, 2.24) is 0 Å². The smallest absolute Gasteiger partial charge is 0.0184 e. The molecule has 58 valence electrons. The van der Waals surface area contributed by atoms with E-state index in [1.54, 1.807) is 0 Å². The molecule has 2 aliphatic rings. The minimum absolute atomic E-state index is 1.09. The summed E-state index contributed by atoms with van der Waals surface area (Å²) >= 11 is 0. The molecule has 0 spiro atoms. The van der Waals surface area contributed by atoms with Gasteiger partial charge in [0.15, 0.2) is 0 Å². The summed E-state index contributed by atoms with van der Waals surface area (Å²) < 4.78 is 0. The van der Waals surface area contributed by atoms with Gasteiger partial charge in [-0.05, 0) is 22.8 Å². The highest BCUT2D eigenvalue weighted by molar-refractivity contribution is 5.56. The van der Waals surface area contributed by atoms with E-state index in [2.05, 4.69) is 30.9 Å². The van der Waals surface area contributed by atoms with E-state index in [0.29, 0.717) is 0 Å². The van der Waals surface area contributed by atoms with Gasteiger partial charge in [0.1, 0.15) is 0 Å². The predicted octanol–water partition coefficient (Wildman–Crippen LogP) is 3.09. The molecule has 0 heterocycles. The maximum atomic E-state index is 3.93. The van der Waals surface area contributed by atoms with Crippen LogP contribution in [0.15, 0.2) is 71.9 Å². The van der Waals surface area contributed by atoms with Crippen molar-refractivity contribution in [1.29, 1.82) is 0 Å². The molecule has 0 fully saturated rings. The van der Waals surface area contributed by atoms with Crippen LogP contribution in [0.4, 0.5) is 0 Å². The minimum atomic E-state index is 1.09. The largest absolute Gasteiger partial charge is 0.0912 e. The first-order valence-corrected chi connectivity index (χ1v) is 4.00. The van der Waals surface area contributed by atoms with Crippen LogP contribution >= 0.6 is 0 Å². The molecule has 0 bridgehead atoms. The van der Waals surface area contributed by atoms with E-state index in [0.717, 1.165) is 5.57 Å². The van der Waals surface area contributed by atoms with Gasteiger partial charge < -0.3 is 0 Å². The highest BCUT2D eigenvalue weighted by atomic mass is 14.1. The Kier molecular flexibility index (Phi) is 1.67. The van der Waals surface area contributed by atoms with E-state index >= 15 is 0 Å². The minimum Gasteiger partial charge on any atom is -0.0912 e. The Hall–Kier alpha value is -1.56. The molecular formula is C12H10. The molecule has 0 aromatic carbocycles. The first-order valence-electron chi connectivity index (χ1n) is 4.00. The molecule has 0 saturated carbocycles. The van der Waals surface area contributed by atoms with Gasteiger partial charge in [0, 0.05) is 0 Å². The molecule has 0 unspecified atom stereocenters. The van der Waals surface area contributed by atoms with Crippen LogP contribution in [0.3, 0.4) is 0 Å². The summed E-state index contributed by atoms with van der Waals surface area (Å²) in [7, 11) is 0. The van der Waals surface area contributed by atoms with Gasteiger partial charge in [0.05, 0.1) is 0 Å². The van der Waals surface area contributed by atoms with Gasteiger partial charge in [-0.15, -0.1) is 0 Å². The van der Waals surface area contributed by atoms with Gasteiger partial charge in [-0.1, -0.05) is 49.1 Å². The van der Waals surface area contributed by atoms with Crippen LogP contribution in [-0.4, -0.2) is 0 Å². The topological polar surface area (TPSA) is 0 Å². The Morgan fingerprint density at radius 3 is 2.33 bits per heavy atom. The number of allylic oxidation sites excluding steroid dienone is 11. The number of rotatable bonds is 1. The maximum Gasteiger partial charge on any atom is -0.0184 e. The standard InChI is InChI=1S/C12H10/c1-10-5-4-8-12(10)9-11-6-2-3-7-11/h2-9H,1H2. The zero-order valence-corrected chi connectivity index (χ0v) is 6.83. The van der Waals surface area contributed by atoms with Gasteiger partial charge in [-0.25, -0.2) is 0 Å². The Morgan fingerprint density at radius 2 is 1.75 bits per heavy atom. The summed E-state index contributed by atoms with van der Waals surface area (Å²) in [6.45, 7) is 3.93. The van der Waals surface area contributed by atoms with Crippen molar-refractivity contribution >= 4 is 0 Å². The zero-order chi connectivity index (χ0) is 8.39. The number of hydrogen-bond acceptors (Lipinski definition) is 0. The Labute approximate surface area is 72.6 Å². The van der Waals surface area contributed by atoms with Crippen molar-refractivity contribution in [3.8, 4) is 0 Å². The molecule has 0 saturated heterocycles. The molecule has 0 amide bonds. The van der Waals surface area contributed by atoms with Gasteiger partial charge in [-0.2, -0.15) is 0 Å². The van der Waals surface area contributed by atoms with Gasteiger partial charge in [-0.3, -0.25) is 0 Å². The Morgan fingerprint density at radius 1 is 1.00 bits per heavy atom.